The molecule has 0 saturated carbocycles. The molecule has 0 spiro atoms. The van der Waals surface area contributed by atoms with Crippen LogP contribution in [0.2, 0.25) is 0 Å². The molecular weight excluding hydrogens is 246 g/mol. The van der Waals surface area contributed by atoms with Gasteiger partial charge in [-0.25, -0.2) is 0 Å². The smallest absolute Gasteiger partial charge is 0.257 e. The molecular formula is C12H15N5O2. The summed E-state index contributed by atoms with van der Waals surface area (Å²) in [5.41, 5.74) is 1.02. The van der Waals surface area contributed by atoms with Gasteiger partial charge in [-0.1, -0.05) is 0 Å². The van der Waals surface area contributed by atoms with E-state index in [2.05, 4.69) is 15.5 Å². The van der Waals surface area contributed by atoms with Crippen LogP contribution in [0, 0.1) is 0 Å². The lowest BCUT2D eigenvalue weighted by Gasteiger charge is -2.22. The number of carbonyl (C=O) groups excluding carboxylic acids is 1. The maximum Gasteiger partial charge on any atom is 0.257 e. The molecule has 7 heteroatoms. The lowest BCUT2D eigenvalue weighted by atomic mass is 10.2. The fourth-order valence-corrected chi connectivity index (χ4v) is 2.28. The summed E-state index contributed by atoms with van der Waals surface area (Å²) in [6, 6.07) is 3.53. The van der Waals surface area contributed by atoms with E-state index >= 15 is 0 Å². The third kappa shape index (κ3) is 2.28. The first-order chi connectivity index (χ1) is 9.25. The number of hydrogen-bond donors (Lipinski definition) is 0. The standard InChI is InChI=1S/C12H15N5O2/c1-9-8-16(5-3-7-19-9)12(18)10-4-2-6-17-11(10)13-14-15-17/h2,4,6,9H,3,5,7-8H2,1H3. The summed E-state index contributed by atoms with van der Waals surface area (Å²) >= 11 is 0. The van der Waals surface area contributed by atoms with Crippen molar-refractivity contribution >= 4 is 11.6 Å². The zero-order valence-corrected chi connectivity index (χ0v) is 10.7. The van der Waals surface area contributed by atoms with Crippen LogP contribution in [0.15, 0.2) is 18.3 Å². The number of carbonyl (C=O) groups is 1. The van der Waals surface area contributed by atoms with Crippen molar-refractivity contribution in [3.8, 4) is 0 Å². The normalized spacial score (nSPS) is 20.5. The van der Waals surface area contributed by atoms with Crippen molar-refractivity contribution in [1.29, 1.82) is 0 Å². The van der Waals surface area contributed by atoms with Crippen LogP contribution in [0.5, 0.6) is 0 Å². The first-order valence-electron chi connectivity index (χ1n) is 6.33. The zero-order chi connectivity index (χ0) is 13.2. The van der Waals surface area contributed by atoms with E-state index in [4.69, 9.17) is 4.74 Å². The van der Waals surface area contributed by atoms with Crippen molar-refractivity contribution in [3.05, 3.63) is 23.9 Å². The number of hydrogen-bond acceptors (Lipinski definition) is 5. The van der Waals surface area contributed by atoms with Crippen molar-refractivity contribution in [2.75, 3.05) is 19.7 Å². The van der Waals surface area contributed by atoms with Gasteiger partial charge < -0.3 is 9.64 Å². The molecule has 0 radical (unpaired) electrons. The maximum absolute atomic E-state index is 12.6. The van der Waals surface area contributed by atoms with Crippen LogP contribution in [0.25, 0.3) is 5.65 Å². The minimum Gasteiger partial charge on any atom is -0.377 e. The first-order valence-corrected chi connectivity index (χ1v) is 6.33. The molecule has 1 aliphatic rings. The Hall–Kier alpha value is -2.02. The zero-order valence-electron chi connectivity index (χ0n) is 10.7. The topological polar surface area (TPSA) is 72.6 Å². The minimum absolute atomic E-state index is 0.0437. The van der Waals surface area contributed by atoms with E-state index in [0.717, 1.165) is 6.42 Å². The number of fused-ring (bicyclic) bond motifs is 1. The fraction of sp³-hybridized carbons (Fsp3) is 0.500. The second-order valence-electron chi connectivity index (χ2n) is 4.66. The van der Waals surface area contributed by atoms with Crippen LogP contribution in [0.4, 0.5) is 0 Å². The lowest BCUT2D eigenvalue weighted by Crippen LogP contribution is -2.36. The molecule has 19 heavy (non-hydrogen) atoms. The van der Waals surface area contributed by atoms with Gasteiger partial charge in [0.15, 0.2) is 5.65 Å². The Balaban J connectivity index is 1.92. The molecule has 0 aliphatic carbocycles. The molecule has 1 saturated heterocycles. The van der Waals surface area contributed by atoms with E-state index in [9.17, 15) is 4.79 Å². The summed E-state index contributed by atoms with van der Waals surface area (Å²) in [7, 11) is 0. The van der Waals surface area contributed by atoms with Crippen LogP contribution in [0.1, 0.15) is 23.7 Å². The summed E-state index contributed by atoms with van der Waals surface area (Å²) in [5, 5.41) is 11.3. The van der Waals surface area contributed by atoms with E-state index in [-0.39, 0.29) is 12.0 Å². The van der Waals surface area contributed by atoms with Gasteiger partial charge in [-0.2, -0.15) is 4.52 Å². The quantitative estimate of drug-likeness (QED) is 0.742. The molecule has 0 aromatic carbocycles. The highest BCUT2D eigenvalue weighted by Crippen LogP contribution is 2.13. The second kappa shape index (κ2) is 4.93. The van der Waals surface area contributed by atoms with Crippen LogP contribution >= 0.6 is 0 Å². The molecule has 2 aromatic heterocycles. The number of rotatable bonds is 1. The molecule has 3 heterocycles. The van der Waals surface area contributed by atoms with Gasteiger partial charge in [0.05, 0.1) is 11.7 Å². The van der Waals surface area contributed by atoms with Gasteiger partial charge in [-0.3, -0.25) is 4.79 Å². The molecule has 3 rings (SSSR count). The largest absolute Gasteiger partial charge is 0.377 e. The Morgan fingerprint density at radius 3 is 3.32 bits per heavy atom. The highest BCUT2D eigenvalue weighted by atomic mass is 16.5. The lowest BCUT2D eigenvalue weighted by molar-refractivity contribution is 0.0563. The molecule has 7 nitrogen and oxygen atoms in total. The predicted molar refractivity (Wildman–Crippen MR) is 66.7 cm³/mol. The predicted octanol–water partition coefficient (Wildman–Crippen LogP) is 0.375. The van der Waals surface area contributed by atoms with E-state index in [1.54, 1.807) is 18.3 Å². The molecule has 1 aliphatic heterocycles. The van der Waals surface area contributed by atoms with Crippen molar-refractivity contribution in [2.45, 2.75) is 19.4 Å². The van der Waals surface area contributed by atoms with Crippen LogP contribution in [-0.4, -0.2) is 56.6 Å². The SMILES string of the molecule is CC1CN(C(=O)c2cccn3nnnc23)CCCO1. The van der Waals surface area contributed by atoms with Gasteiger partial charge in [0, 0.05) is 25.9 Å². The molecule has 0 bridgehead atoms. The first kappa shape index (κ1) is 12.0. The van der Waals surface area contributed by atoms with Crippen molar-refractivity contribution in [3.63, 3.8) is 0 Å². The number of pyridine rings is 1. The third-order valence-corrected chi connectivity index (χ3v) is 3.19. The number of ether oxygens (including phenoxy) is 1. The molecule has 1 atom stereocenters. The number of amides is 1. The third-order valence-electron chi connectivity index (χ3n) is 3.19. The Labute approximate surface area is 110 Å². The van der Waals surface area contributed by atoms with Gasteiger partial charge in [-0.15, -0.1) is 5.10 Å². The van der Waals surface area contributed by atoms with Gasteiger partial charge in [-0.05, 0) is 35.9 Å². The van der Waals surface area contributed by atoms with Crippen molar-refractivity contribution < 1.29 is 9.53 Å². The maximum atomic E-state index is 12.6. The second-order valence-corrected chi connectivity index (χ2v) is 4.66. The summed E-state index contributed by atoms with van der Waals surface area (Å²) in [6.07, 6.45) is 2.63. The summed E-state index contributed by atoms with van der Waals surface area (Å²) in [5.74, 6) is -0.0437. The van der Waals surface area contributed by atoms with Crippen LogP contribution in [0.3, 0.4) is 0 Å². The van der Waals surface area contributed by atoms with Gasteiger partial charge >= 0.3 is 0 Å². The van der Waals surface area contributed by atoms with E-state index in [0.29, 0.717) is 30.9 Å². The fourth-order valence-electron chi connectivity index (χ4n) is 2.28. The average Bonchev–Trinajstić information content (AvgIpc) is 2.79. The Kier molecular flexibility index (Phi) is 3.12. The Morgan fingerprint density at radius 1 is 1.53 bits per heavy atom. The van der Waals surface area contributed by atoms with Crippen LogP contribution in [-0.2, 0) is 4.74 Å². The monoisotopic (exact) mass is 261 g/mol. The van der Waals surface area contributed by atoms with Crippen LogP contribution < -0.4 is 0 Å². The highest BCUT2D eigenvalue weighted by Gasteiger charge is 2.23. The molecule has 1 unspecified atom stereocenters. The number of tetrazole rings is 1. The minimum atomic E-state index is -0.0437. The summed E-state index contributed by atoms with van der Waals surface area (Å²) in [6.45, 7) is 3.97. The summed E-state index contributed by atoms with van der Waals surface area (Å²) < 4.78 is 7.06. The van der Waals surface area contributed by atoms with Crippen molar-refractivity contribution in [2.24, 2.45) is 0 Å². The Morgan fingerprint density at radius 2 is 2.42 bits per heavy atom. The van der Waals surface area contributed by atoms with E-state index in [1.807, 2.05) is 11.8 Å². The van der Waals surface area contributed by atoms with E-state index in [1.165, 1.54) is 4.52 Å². The van der Waals surface area contributed by atoms with Gasteiger partial charge in [0.2, 0.25) is 0 Å². The van der Waals surface area contributed by atoms with Gasteiger partial charge in [0.25, 0.3) is 5.91 Å². The summed E-state index contributed by atoms with van der Waals surface area (Å²) in [4.78, 5) is 14.4. The highest BCUT2D eigenvalue weighted by molar-refractivity contribution is 5.99. The van der Waals surface area contributed by atoms with Crippen molar-refractivity contribution in [1.82, 2.24) is 24.9 Å². The van der Waals surface area contributed by atoms with E-state index < -0.39 is 0 Å². The molecule has 1 amide bonds. The number of nitrogens with zero attached hydrogens (tertiary/aromatic N) is 5. The number of aromatic nitrogens is 4. The molecule has 1 fully saturated rings. The molecule has 0 N–H and O–H groups in total. The molecule has 100 valence electrons. The average molecular weight is 261 g/mol. The molecule has 2 aromatic rings. The Bertz CT molecular complexity index is 597. The van der Waals surface area contributed by atoms with Gasteiger partial charge in [0.1, 0.15) is 0 Å².